The number of carbonyl (C=O) groups excluding carboxylic acids is 2. The third-order valence-electron chi connectivity index (χ3n) is 4.57. The molecule has 2 atom stereocenters. The number of carbonyl (C=O) groups is 2. The number of furan rings is 1. The number of amides is 2. The lowest BCUT2D eigenvalue weighted by Crippen LogP contribution is -2.31. The largest absolute Gasteiger partial charge is 0.495 e. The van der Waals surface area contributed by atoms with Crippen LogP contribution in [0.25, 0.3) is 6.08 Å². The molecule has 0 radical (unpaired) electrons. The molecule has 0 saturated heterocycles. The van der Waals surface area contributed by atoms with Crippen LogP contribution in [0.4, 0.5) is 5.69 Å². The van der Waals surface area contributed by atoms with Crippen molar-refractivity contribution < 1.29 is 18.7 Å². The van der Waals surface area contributed by atoms with Crippen molar-refractivity contribution in [1.29, 1.82) is 0 Å². The van der Waals surface area contributed by atoms with E-state index in [-0.39, 0.29) is 18.4 Å². The minimum Gasteiger partial charge on any atom is -0.495 e. The second kappa shape index (κ2) is 8.12. The van der Waals surface area contributed by atoms with Gasteiger partial charge in [0.15, 0.2) is 0 Å². The van der Waals surface area contributed by atoms with E-state index in [0.717, 1.165) is 17.7 Å². The zero-order valence-corrected chi connectivity index (χ0v) is 15.7. The number of benzene rings is 1. The molecule has 0 bridgehead atoms. The lowest BCUT2D eigenvalue weighted by atomic mass is 10.2. The van der Waals surface area contributed by atoms with Gasteiger partial charge in [0.25, 0.3) is 0 Å². The van der Waals surface area contributed by atoms with Crippen LogP contribution in [0.5, 0.6) is 5.75 Å². The molecule has 1 fully saturated rings. The van der Waals surface area contributed by atoms with Crippen LogP contribution >= 0.6 is 0 Å². The van der Waals surface area contributed by atoms with Gasteiger partial charge in [-0.15, -0.1) is 0 Å². The van der Waals surface area contributed by atoms with Gasteiger partial charge in [-0.1, -0.05) is 13.0 Å². The molecule has 1 saturated carbocycles. The molecule has 1 aliphatic rings. The first-order valence-electron chi connectivity index (χ1n) is 8.96. The minimum atomic E-state index is -0.362. The summed E-state index contributed by atoms with van der Waals surface area (Å²) in [6, 6.07) is 9.29. The molecule has 0 aliphatic heterocycles. The van der Waals surface area contributed by atoms with Crippen molar-refractivity contribution in [1.82, 2.24) is 5.32 Å². The molecule has 27 heavy (non-hydrogen) atoms. The number of nitrogens with one attached hydrogen (secondary N) is 2. The molecule has 1 heterocycles. The van der Waals surface area contributed by atoms with Gasteiger partial charge in [-0.2, -0.15) is 0 Å². The first-order valence-corrected chi connectivity index (χ1v) is 8.96. The quantitative estimate of drug-likeness (QED) is 0.733. The number of anilines is 1. The lowest BCUT2D eigenvalue weighted by molar-refractivity contribution is -0.121. The van der Waals surface area contributed by atoms with Gasteiger partial charge in [-0.3, -0.25) is 9.59 Å². The Morgan fingerprint density at radius 3 is 2.78 bits per heavy atom. The highest BCUT2D eigenvalue weighted by Crippen LogP contribution is 2.47. The summed E-state index contributed by atoms with van der Waals surface area (Å²) < 4.78 is 10.9. The van der Waals surface area contributed by atoms with Crippen LogP contribution in [0, 0.1) is 12.8 Å². The van der Waals surface area contributed by atoms with Crippen LogP contribution < -0.4 is 15.4 Å². The Balaban J connectivity index is 1.48. The molecule has 0 spiro atoms. The molecule has 1 aromatic carbocycles. The third kappa shape index (κ3) is 5.00. The van der Waals surface area contributed by atoms with Gasteiger partial charge in [-0.05, 0) is 55.2 Å². The van der Waals surface area contributed by atoms with Crippen LogP contribution in [-0.2, 0) is 9.59 Å². The van der Waals surface area contributed by atoms with Gasteiger partial charge in [0.05, 0.1) is 19.3 Å². The number of ether oxygens (including phenoxy) is 1. The Labute approximate surface area is 158 Å². The number of methoxy groups -OCH3 is 1. The molecular weight excluding hydrogens is 344 g/mol. The number of rotatable bonds is 7. The summed E-state index contributed by atoms with van der Waals surface area (Å²) in [4.78, 5) is 24.0. The molecule has 6 heteroatoms. The van der Waals surface area contributed by atoms with E-state index in [4.69, 9.17) is 9.15 Å². The zero-order valence-electron chi connectivity index (χ0n) is 15.7. The van der Waals surface area contributed by atoms with Crippen molar-refractivity contribution in [3.05, 3.63) is 53.5 Å². The van der Waals surface area contributed by atoms with E-state index in [0.29, 0.717) is 29.0 Å². The zero-order chi connectivity index (χ0) is 19.4. The topological polar surface area (TPSA) is 80.6 Å². The molecule has 1 aliphatic carbocycles. The fourth-order valence-electron chi connectivity index (χ4n) is 2.87. The van der Waals surface area contributed by atoms with Crippen LogP contribution in [-0.4, -0.2) is 25.5 Å². The average Bonchev–Trinajstić information content (AvgIpc) is 3.18. The molecule has 142 valence electrons. The Morgan fingerprint density at radius 2 is 2.07 bits per heavy atom. The second-order valence-electron chi connectivity index (χ2n) is 6.86. The highest BCUT2D eigenvalue weighted by atomic mass is 16.5. The standard InChI is InChI=1S/C21H24N2O4/c1-13-4-7-19(26-3)17(10-13)23-21(25)12-22-20(24)9-6-15-5-8-18(27-15)16-11-14(16)2/h4-10,14,16H,11-12H2,1-3H3,(H,22,24)(H,23,25)/b9-6+. The minimum absolute atomic E-state index is 0.136. The normalized spacial score (nSPS) is 18.3. The molecule has 2 amide bonds. The van der Waals surface area contributed by atoms with Crippen molar-refractivity contribution in [2.45, 2.75) is 26.2 Å². The summed E-state index contributed by atoms with van der Waals surface area (Å²) >= 11 is 0. The van der Waals surface area contributed by atoms with E-state index < -0.39 is 0 Å². The predicted molar refractivity (Wildman–Crippen MR) is 104 cm³/mol. The first-order chi connectivity index (χ1) is 13.0. The average molecular weight is 368 g/mol. The van der Waals surface area contributed by atoms with Gasteiger partial charge in [0, 0.05) is 12.0 Å². The molecule has 3 rings (SSSR count). The van der Waals surface area contributed by atoms with Crippen LogP contribution in [0.15, 0.2) is 40.8 Å². The maximum absolute atomic E-state index is 12.1. The molecule has 2 unspecified atom stereocenters. The summed E-state index contributed by atoms with van der Waals surface area (Å²) in [5, 5.41) is 5.29. The second-order valence-corrected chi connectivity index (χ2v) is 6.86. The van der Waals surface area contributed by atoms with E-state index in [2.05, 4.69) is 17.6 Å². The number of aryl methyl sites for hydroxylation is 1. The molecular formula is C21H24N2O4. The Bertz CT molecular complexity index is 869. The SMILES string of the molecule is COc1ccc(C)cc1NC(=O)CNC(=O)/C=C/c1ccc(C2CC2C)o1. The monoisotopic (exact) mass is 368 g/mol. The summed E-state index contributed by atoms with van der Waals surface area (Å²) in [5.74, 6) is 2.65. The van der Waals surface area contributed by atoms with Crippen molar-refractivity contribution in [3.8, 4) is 5.75 Å². The maximum atomic E-state index is 12.1. The highest BCUT2D eigenvalue weighted by Gasteiger charge is 2.36. The van der Waals surface area contributed by atoms with E-state index in [1.54, 1.807) is 12.1 Å². The molecule has 6 nitrogen and oxygen atoms in total. The van der Waals surface area contributed by atoms with E-state index >= 15 is 0 Å². The van der Waals surface area contributed by atoms with Gasteiger partial charge >= 0.3 is 0 Å². The summed E-state index contributed by atoms with van der Waals surface area (Å²) in [6.45, 7) is 3.97. The summed E-state index contributed by atoms with van der Waals surface area (Å²) in [5.41, 5.74) is 1.57. The molecule has 2 N–H and O–H groups in total. The van der Waals surface area contributed by atoms with E-state index in [9.17, 15) is 9.59 Å². The Morgan fingerprint density at radius 1 is 1.30 bits per heavy atom. The van der Waals surface area contributed by atoms with E-state index in [1.165, 1.54) is 13.2 Å². The van der Waals surface area contributed by atoms with Crippen LogP contribution in [0.1, 0.15) is 36.3 Å². The predicted octanol–water partition coefficient (Wildman–Crippen LogP) is 3.49. The lowest BCUT2D eigenvalue weighted by Gasteiger charge is -2.11. The Kier molecular flexibility index (Phi) is 5.64. The van der Waals surface area contributed by atoms with Crippen molar-refractivity contribution in [2.24, 2.45) is 5.92 Å². The first kappa shape index (κ1) is 18.8. The molecule has 1 aromatic heterocycles. The van der Waals surface area contributed by atoms with Crippen LogP contribution in [0.2, 0.25) is 0 Å². The van der Waals surface area contributed by atoms with Gasteiger partial charge in [0.1, 0.15) is 17.3 Å². The fraction of sp³-hybridized carbons (Fsp3) is 0.333. The third-order valence-corrected chi connectivity index (χ3v) is 4.57. The van der Waals surface area contributed by atoms with Crippen molar-refractivity contribution >= 4 is 23.6 Å². The number of hydrogen-bond acceptors (Lipinski definition) is 4. The maximum Gasteiger partial charge on any atom is 0.244 e. The van der Waals surface area contributed by atoms with Crippen molar-refractivity contribution in [3.63, 3.8) is 0 Å². The Hall–Kier alpha value is -3.02. The summed E-state index contributed by atoms with van der Waals surface area (Å²) in [6.07, 6.45) is 4.12. The van der Waals surface area contributed by atoms with Crippen molar-refractivity contribution in [2.75, 3.05) is 19.0 Å². The van der Waals surface area contributed by atoms with Gasteiger partial charge in [0.2, 0.25) is 11.8 Å². The highest BCUT2D eigenvalue weighted by molar-refractivity contribution is 5.98. The van der Waals surface area contributed by atoms with E-state index in [1.807, 2.05) is 31.2 Å². The van der Waals surface area contributed by atoms with Gasteiger partial charge in [-0.25, -0.2) is 0 Å². The van der Waals surface area contributed by atoms with Gasteiger partial charge < -0.3 is 19.8 Å². The summed E-state index contributed by atoms with van der Waals surface area (Å²) in [7, 11) is 1.54. The van der Waals surface area contributed by atoms with Crippen LogP contribution in [0.3, 0.4) is 0 Å². The fourth-order valence-corrected chi connectivity index (χ4v) is 2.87. The molecule has 2 aromatic rings. The smallest absolute Gasteiger partial charge is 0.244 e. The number of hydrogen-bond donors (Lipinski definition) is 2.